The highest BCUT2D eigenvalue weighted by Crippen LogP contribution is 2.30. The number of fused-ring (bicyclic) bond motifs is 1. The van der Waals surface area contributed by atoms with Crippen molar-refractivity contribution in [3.8, 4) is 11.3 Å². The number of benzene rings is 3. The monoisotopic (exact) mass is 416 g/mol. The number of halogens is 1. The molecule has 0 bridgehead atoms. The number of anilines is 1. The topological polar surface area (TPSA) is 42.0 Å². The van der Waals surface area contributed by atoms with Crippen LogP contribution in [0.25, 0.3) is 22.2 Å². The van der Waals surface area contributed by atoms with Crippen LogP contribution in [0.2, 0.25) is 0 Å². The van der Waals surface area contributed by atoms with Crippen molar-refractivity contribution in [2.24, 2.45) is 0 Å². The van der Waals surface area contributed by atoms with Crippen LogP contribution in [0.5, 0.6) is 0 Å². The molecule has 1 aromatic heterocycles. The van der Waals surface area contributed by atoms with Gasteiger partial charge in [-0.1, -0.05) is 64.5 Å². The van der Waals surface area contributed by atoms with E-state index in [-0.39, 0.29) is 5.91 Å². The second kappa shape index (κ2) is 7.33. The van der Waals surface area contributed by atoms with E-state index in [0.717, 1.165) is 37.9 Å². The van der Waals surface area contributed by atoms with Crippen LogP contribution in [-0.2, 0) is 0 Å². The lowest BCUT2D eigenvalue weighted by atomic mass is 10.0. The average Bonchev–Trinajstić information content (AvgIpc) is 2.68. The number of carbonyl (C=O) groups excluding carboxylic acids is 1. The fraction of sp³-hybridized carbons (Fsp3) is 0.0435. The van der Waals surface area contributed by atoms with Crippen LogP contribution in [0.3, 0.4) is 0 Å². The molecule has 4 aromatic rings. The van der Waals surface area contributed by atoms with Gasteiger partial charge in [0.15, 0.2) is 0 Å². The fourth-order valence-electron chi connectivity index (χ4n) is 3.12. The molecule has 0 fully saturated rings. The number of pyridine rings is 1. The normalized spacial score (nSPS) is 10.7. The van der Waals surface area contributed by atoms with Gasteiger partial charge in [-0.3, -0.25) is 4.79 Å². The Morgan fingerprint density at radius 1 is 0.926 bits per heavy atom. The van der Waals surface area contributed by atoms with Gasteiger partial charge < -0.3 is 5.32 Å². The van der Waals surface area contributed by atoms with Gasteiger partial charge in [0.2, 0.25) is 0 Å². The van der Waals surface area contributed by atoms with Gasteiger partial charge in [0.1, 0.15) is 0 Å². The number of rotatable bonds is 3. The highest BCUT2D eigenvalue weighted by atomic mass is 79.9. The van der Waals surface area contributed by atoms with Crippen molar-refractivity contribution in [1.82, 2.24) is 4.98 Å². The Kier molecular flexibility index (Phi) is 4.73. The molecule has 4 rings (SSSR count). The molecule has 1 amide bonds. The van der Waals surface area contributed by atoms with Crippen molar-refractivity contribution in [2.75, 3.05) is 5.32 Å². The van der Waals surface area contributed by atoms with Gasteiger partial charge in [-0.15, -0.1) is 0 Å². The van der Waals surface area contributed by atoms with Crippen molar-refractivity contribution in [3.63, 3.8) is 0 Å². The summed E-state index contributed by atoms with van der Waals surface area (Å²) in [6.07, 6.45) is 0. The van der Waals surface area contributed by atoms with Crippen LogP contribution in [0.4, 0.5) is 5.69 Å². The van der Waals surface area contributed by atoms with E-state index in [2.05, 4.69) is 21.2 Å². The Bertz CT molecular complexity index is 1130. The molecule has 1 heterocycles. The number of nitrogens with one attached hydrogen (secondary N) is 1. The maximum absolute atomic E-state index is 13.1. The Morgan fingerprint density at radius 3 is 2.30 bits per heavy atom. The molecule has 0 radical (unpaired) electrons. The van der Waals surface area contributed by atoms with Gasteiger partial charge in [-0.25, -0.2) is 4.98 Å². The summed E-state index contributed by atoms with van der Waals surface area (Å²) in [6, 6.07) is 25.2. The third-order valence-electron chi connectivity index (χ3n) is 4.41. The van der Waals surface area contributed by atoms with E-state index in [4.69, 9.17) is 4.98 Å². The molecule has 0 saturated heterocycles. The Balaban J connectivity index is 1.90. The molecule has 3 aromatic carbocycles. The predicted octanol–water partition coefficient (Wildman–Crippen LogP) is 6.23. The molecule has 27 heavy (non-hydrogen) atoms. The Morgan fingerprint density at radius 2 is 1.59 bits per heavy atom. The number of hydrogen-bond donors (Lipinski definition) is 1. The van der Waals surface area contributed by atoms with E-state index < -0.39 is 0 Å². The molecule has 0 aliphatic rings. The van der Waals surface area contributed by atoms with Gasteiger partial charge in [0, 0.05) is 21.1 Å². The van der Waals surface area contributed by atoms with Crippen molar-refractivity contribution in [2.45, 2.75) is 6.92 Å². The third-order valence-corrected chi connectivity index (χ3v) is 4.87. The van der Waals surface area contributed by atoms with Crippen molar-refractivity contribution >= 4 is 38.4 Å². The second-order valence-electron chi connectivity index (χ2n) is 6.36. The molecule has 0 saturated carbocycles. The number of hydrogen-bond acceptors (Lipinski definition) is 2. The van der Waals surface area contributed by atoms with Gasteiger partial charge in [0.25, 0.3) is 5.91 Å². The average molecular weight is 417 g/mol. The minimum Gasteiger partial charge on any atom is -0.322 e. The number of para-hydroxylation sites is 1. The second-order valence-corrected chi connectivity index (χ2v) is 7.28. The molecule has 4 heteroatoms. The molecule has 0 aliphatic carbocycles. The zero-order valence-corrected chi connectivity index (χ0v) is 16.3. The van der Waals surface area contributed by atoms with Crippen LogP contribution in [0, 0.1) is 6.92 Å². The lowest BCUT2D eigenvalue weighted by Gasteiger charge is -2.13. The summed E-state index contributed by atoms with van der Waals surface area (Å²) in [7, 11) is 0. The van der Waals surface area contributed by atoms with Gasteiger partial charge >= 0.3 is 0 Å². The number of aromatic nitrogens is 1. The summed E-state index contributed by atoms with van der Waals surface area (Å²) in [5.41, 5.74) is 4.98. The quantitative estimate of drug-likeness (QED) is 0.430. The molecular formula is C23H17BrN2O. The Labute approximate surface area is 166 Å². The maximum atomic E-state index is 13.1. The zero-order valence-electron chi connectivity index (χ0n) is 14.7. The first-order valence-electron chi connectivity index (χ1n) is 8.64. The summed E-state index contributed by atoms with van der Waals surface area (Å²) < 4.78 is 0.926. The van der Waals surface area contributed by atoms with Crippen molar-refractivity contribution < 1.29 is 4.79 Å². The number of aryl methyl sites for hydroxylation is 1. The predicted molar refractivity (Wildman–Crippen MR) is 114 cm³/mol. The molecule has 132 valence electrons. The van der Waals surface area contributed by atoms with Crippen LogP contribution >= 0.6 is 15.9 Å². The van der Waals surface area contributed by atoms with Gasteiger partial charge in [-0.2, -0.15) is 0 Å². The Hall–Kier alpha value is -2.98. The highest BCUT2D eigenvalue weighted by molar-refractivity contribution is 9.10. The SMILES string of the molecule is Cc1cc(Br)cc2c(C(=O)Nc3ccccc3)cc(-c3ccccc3)nc12. The minimum absolute atomic E-state index is 0.150. The minimum atomic E-state index is -0.150. The van der Waals surface area contributed by atoms with E-state index in [1.54, 1.807) is 0 Å². The van der Waals surface area contributed by atoms with Crippen molar-refractivity contribution in [1.29, 1.82) is 0 Å². The van der Waals surface area contributed by atoms with Crippen LogP contribution in [0.15, 0.2) is 83.3 Å². The molecule has 0 spiro atoms. The third kappa shape index (κ3) is 3.62. The number of carbonyl (C=O) groups is 1. The summed E-state index contributed by atoms with van der Waals surface area (Å²) in [6.45, 7) is 2.01. The molecule has 0 unspecified atom stereocenters. The largest absolute Gasteiger partial charge is 0.322 e. The summed E-state index contributed by atoms with van der Waals surface area (Å²) in [5.74, 6) is -0.150. The lowest BCUT2D eigenvalue weighted by Crippen LogP contribution is -2.13. The fourth-order valence-corrected chi connectivity index (χ4v) is 3.69. The van der Waals surface area contributed by atoms with Crippen LogP contribution < -0.4 is 5.32 Å². The molecule has 0 atom stereocenters. The molecule has 1 N–H and O–H groups in total. The smallest absolute Gasteiger partial charge is 0.256 e. The van der Waals surface area contributed by atoms with E-state index in [1.807, 2.05) is 85.8 Å². The summed E-state index contributed by atoms with van der Waals surface area (Å²) >= 11 is 3.54. The van der Waals surface area contributed by atoms with Crippen LogP contribution in [0.1, 0.15) is 15.9 Å². The first-order valence-corrected chi connectivity index (χ1v) is 9.44. The maximum Gasteiger partial charge on any atom is 0.256 e. The highest BCUT2D eigenvalue weighted by Gasteiger charge is 2.16. The van der Waals surface area contributed by atoms with Crippen LogP contribution in [-0.4, -0.2) is 10.9 Å². The van der Waals surface area contributed by atoms with E-state index >= 15 is 0 Å². The van der Waals surface area contributed by atoms with Gasteiger partial charge in [-0.05, 0) is 42.8 Å². The summed E-state index contributed by atoms with van der Waals surface area (Å²) in [5, 5.41) is 3.81. The van der Waals surface area contributed by atoms with Gasteiger partial charge in [0.05, 0.1) is 16.8 Å². The zero-order chi connectivity index (χ0) is 18.8. The molecule has 0 aliphatic heterocycles. The van der Waals surface area contributed by atoms with E-state index in [0.29, 0.717) is 5.56 Å². The molecular weight excluding hydrogens is 400 g/mol. The molecule has 3 nitrogen and oxygen atoms in total. The van der Waals surface area contributed by atoms with E-state index in [9.17, 15) is 4.79 Å². The lowest BCUT2D eigenvalue weighted by molar-refractivity contribution is 0.102. The first-order chi connectivity index (χ1) is 13.1. The standard InChI is InChI=1S/C23H17BrN2O/c1-15-12-17(24)13-19-20(23(27)25-18-10-6-3-7-11-18)14-21(26-22(15)19)16-8-4-2-5-9-16/h2-14H,1H3,(H,25,27). The number of nitrogens with zero attached hydrogens (tertiary/aromatic N) is 1. The number of amides is 1. The summed E-state index contributed by atoms with van der Waals surface area (Å²) in [4.78, 5) is 17.9. The van der Waals surface area contributed by atoms with E-state index in [1.165, 1.54) is 0 Å². The van der Waals surface area contributed by atoms with Crippen molar-refractivity contribution in [3.05, 3.63) is 94.5 Å². The first kappa shape index (κ1) is 17.4.